The number of methoxy groups -OCH3 is 1. The van der Waals surface area contributed by atoms with Crippen molar-refractivity contribution >= 4 is 55.1 Å². The van der Waals surface area contributed by atoms with Crippen LogP contribution in [0.25, 0.3) is 0 Å². The van der Waals surface area contributed by atoms with Gasteiger partial charge in [0, 0.05) is 24.0 Å². The van der Waals surface area contributed by atoms with Crippen LogP contribution < -0.4 is 14.4 Å². The van der Waals surface area contributed by atoms with E-state index in [-0.39, 0.29) is 29.8 Å². The fourth-order valence-corrected chi connectivity index (χ4v) is 8.27. The second-order valence-corrected chi connectivity index (χ2v) is 15.1. The molecule has 0 unspecified atom stereocenters. The lowest BCUT2D eigenvalue weighted by atomic mass is 10.0. The van der Waals surface area contributed by atoms with Gasteiger partial charge in [-0.2, -0.15) is 0 Å². The van der Waals surface area contributed by atoms with E-state index in [9.17, 15) is 18.0 Å². The minimum Gasteiger partial charge on any atom is -0.496 e. The van der Waals surface area contributed by atoms with Gasteiger partial charge in [0.2, 0.25) is 11.8 Å². The van der Waals surface area contributed by atoms with Gasteiger partial charge in [-0.25, -0.2) is 8.42 Å². The number of rotatable bonds is 13. The molecule has 48 heavy (non-hydrogen) atoms. The van der Waals surface area contributed by atoms with Crippen molar-refractivity contribution in [3.8, 4) is 5.75 Å². The Bertz CT molecular complexity index is 1830. The van der Waals surface area contributed by atoms with Crippen LogP contribution in [0.1, 0.15) is 42.4 Å². The molecule has 252 valence electrons. The number of ether oxygens (including phenoxy) is 1. The number of sulfonamides is 1. The van der Waals surface area contributed by atoms with Gasteiger partial charge in [0.25, 0.3) is 10.0 Å². The predicted molar refractivity (Wildman–Crippen MR) is 193 cm³/mol. The monoisotopic (exact) mass is 751 g/mol. The standard InChI is InChI=1S/C37H39BrClN3O5S/c1-26-15-17-31(18-16-26)42(48(45,46)32-19-20-35(47-2)33(38)23-32)25-36(43)41(24-28-11-8-12-29(39)21-28)34(22-27-9-4-3-5-10-27)37(44)40-30-13-6-7-14-30/h3-5,8-12,15-21,23,30,34H,6-7,13-14,22,24-25H2,1-2H3,(H,40,44)/t34-/m1/s1. The number of halogens is 2. The van der Waals surface area contributed by atoms with Gasteiger partial charge in [-0.05, 0) is 89.3 Å². The quantitative estimate of drug-likeness (QED) is 0.155. The molecule has 1 N–H and O–H groups in total. The third kappa shape index (κ3) is 8.78. The number of hydrogen-bond donors (Lipinski definition) is 1. The lowest BCUT2D eigenvalue weighted by Gasteiger charge is -2.34. The van der Waals surface area contributed by atoms with Gasteiger partial charge < -0.3 is 15.0 Å². The molecule has 1 fully saturated rings. The van der Waals surface area contributed by atoms with E-state index >= 15 is 0 Å². The van der Waals surface area contributed by atoms with Gasteiger partial charge in [-0.1, -0.05) is 84.6 Å². The van der Waals surface area contributed by atoms with E-state index in [2.05, 4.69) is 21.2 Å². The Morgan fingerprint density at radius 2 is 1.62 bits per heavy atom. The number of carbonyl (C=O) groups excluding carboxylic acids is 2. The number of nitrogens with one attached hydrogen (secondary N) is 1. The molecule has 4 aromatic carbocycles. The van der Waals surface area contributed by atoms with Crippen LogP contribution >= 0.6 is 27.5 Å². The maximum absolute atomic E-state index is 14.7. The summed E-state index contributed by atoms with van der Waals surface area (Å²) in [5.74, 6) is -0.337. The van der Waals surface area contributed by atoms with Crippen LogP contribution in [-0.4, -0.2) is 50.9 Å². The average Bonchev–Trinajstić information content (AvgIpc) is 3.59. The summed E-state index contributed by atoms with van der Waals surface area (Å²) in [5.41, 5.74) is 2.84. The highest BCUT2D eigenvalue weighted by atomic mass is 79.9. The lowest BCUT2D eigenvalue weighted by Crippen LogP contribution is -2.54. The van der Waals surface area contributed by atoms with Gasteiger partial charge in [-0.15, -0.1) is 0 Å². The number of amides is 2. The molecule has 4 aromatic rings. The zero-order chi connectivity index (χ0) is 34.3. The van der Waals surface area contributed by atoms with E-state index < -0.39 is 28.5 Å². The fraction of sp³-hybridized carbons (Fsp3) is 0.297. The van der Waals surface area contributed by atoms with Crippen molar-refractivity contribution in [2.75, 3.05) is 18.0 Å². The number of nitrogens with zero attached hydrogens (tertiary/aromatic N) is 2. The van der Waals surface area contributed by atoms with Crippen molar-refractivity contribution in [3.63, 3.8) is 0 Å². The summed E-state index contributed by atoms with van der Waals surface area (Å²) < 4.78 is 35.6. The Morgan fingerprint density at radius 3 is 2.27 bits per heavy atom. The van der Waals surface area contributed by atoms with Crippen LogP contribution in [0.2, 0.25) is 5.02 Å². The Kier molecular flexibility index (Phi) is 11.8. The smallest absolute Gasteiger partial charge is 0.264 e. The third-order valence-corrected chi connectivity index (χ3v) is 11.2. The van der Waals surface area contributed by atoms with Gasteiger partial charge in [-0.3, -0.25) is 13.9 Å². The summed E-state index contributed by atoms with van der Waals surface area (Å²) in [4.78, 5) is 30.3. The van der Waals surface area contributed by atoms with E-state index in [0.29, 0.717) is 26.5 Å². The van der Waals surface area contributed by atoms with Crippen molar-refractivity contribution in [2.24, 2.45) is 0 Å². The van der Waals surface area contributed by atoms with Crippen molar-refractivity contribution in [2.45, 2.75) is 62.6 Å². The summed E-state index contributed by atoms with van der Waals surface area (Å²) in [6.45, 7) is 1.40. The molecule has 1 aliphatic rings. The maximum Gasteiger partial charge on any atom is 0.264 e. The second-order valence-electron chi connectivity index (χ2n) is 12.0. The maximum atomic E-state index is 14.7. The van der Waals surface area contributed by atoms with E-state index in [4.69, 9.17) is 16.3 Å². The Labute approximate surface area is 296 Å². The highest BCUT2D eigenvalue weighted by molar-refractivity contribution is 9.10. The lowest BCUT2D eigenvalue weighted by molar-refractivity contribution is -0.140. The molecular formula is C37H39BrClN3O5S. The topological polar surface area (TPSA) is 96.0 Å². The number of hydrogen-bond acceptors (Lipinski definition) is 5. The molecule has 5 rings (SSSR count). The van der Waals surface area contributed by atoms with Gasteiger partial charge in [0.05, 0.1) is 22.2 Å². The second kappa shape index (κ2) is 16.0. The summed E-state index contributed by atoms with van der Waals surface area (Å²) >= 11 is 9.74. The third-order valence-electron chi connectivity index (χ3n) is 8.53. The fourth-order valence-electron chi connectivity index (χ4n) is 5.93. The summed E-state index contributed by atoms with van der Waals surface area (Å²) in [7, 11) is -2.77. The highest BCUT2D eigenvalue weighted by Crippen LogP contribution is 2.31. The van der Waals surface area contributed by atoms with E-state index in [1.54, 1.807) is 48.5 Å². The normalized spacial score (nSPS) is 13.9. The van der Waals surface area contributed by atoms with E-state index in [1.165, 1.54) is 24.1 Å². The molecule has 0 bridgehead atoms. The molecule has 1 atom stereocenters. The largest absolute Gasteiger partial charge is 0.496 e. The van der Waals surface area contributed by atoms with Crippen LogP contribution in [0, 0.1) is 6.92 Å². The first-order valence-corrected chi connectivity index (χ1v) is 18.5. The Morgan fingerprint density at radius 1 is 0.938 bits per heavy atom. The Balaban J connectivity index is 1.57. The molecule has 8 nitrogen and oxygen atoms in total. The molecular weight excluding hydrogens is 714 g/mol. The highest BCUT2D eigenvalue weighted by Gasteiger charge is 2.35. The molecule has 2 amide bonds. The van der Waals surface area contributed by atoms with E-state index in [0.717, 1.165) is 41.1 Å². The molecule has 11 heteroatoms. The van der Waals surface area contributed by atoms with Crippen molar-refractivity contribution in [1.82, 2.24) is 10.2 Å². The van der Waals surface area contributed by atoms with Gasteiger partial charge >= 0.3 is 0 Å². The molecule has 0 aromatic heterocycles. The SMILES string of the molecule is COc1ccc(S(=O)(=O)N(CC(=O)N(Cc2cccc(Cl)c2)[C@H](Cc2ccccc2)C(=O)NC2CCCC2)c2ccc(C)cc2)cc1Br. The van der Waals surface area contributed by atoms with Crippen LogP contribution in [0.15, 0.2) is 106 Å². The van der Waals surface area contributed by atoms with Gasteiger partial charge in [0.15, 0.2) is 0 Å². The first-order valence-electron chi connectivity index (χ1n) is 15.9. The zero-order valence-corrected chi connectivity index (χ0v) is 30.1. The first kappa shape index (κ1) is 35.4. The Hall–Kier alpha value is -3.86. The molecule has 0 heterocycles. The molecule has 1 aliphatic carbocycles. The van der Waals surface area contributed by atoms with E-state index in [1.807, 2.05) is 43.3 Å². The number of carbonyl (C=O) groups is 2. The van der Waals surface area contributed by atoms with Gasteiger partial charge in [0.1, 0.15) is 18.3 Å². The molecule has 0 aliphatic heterocycles. The number of benzene rings is 4. The predicted octanol–water partition coefficient (Wildman–Crippen LogP) is 7.31. The molecule has 1 saturated carbocycles. The van der Waals surface area contributed by atoms with Crippen molar-refractivity contribution < 1.29 is 22.7 Å². The number of aryl methyl sites for hydroxylation is 1. The molecule has 0 saturated heterocycles. The molecule has 0 spiro atoms. The minimum absolute atomic E-state index is 0.0234. The number of anilines is 1. The van der Waals surface area contributed by atoms with Crippen LogP contribution in [0.5, 0.6) is 5.75 Å². The summed E-state index contributed by atoms with van der Waals surface area (Å²) in [6.07, 6.45) is 4.06. The minimum atomic E-state index is -4.27. The zero-order valence-electron chi connectivity index (χ0n) is 26.9. The van der Waals surface area contributed by atoms with Crippen LogP contribution in [0.3, 0.4) is 0 Å². The summed E-state index contributed by atoms with van der Waals surface area (Å²) in [6, 6.07) is 27.1. The summed E-state index contributed by atoms with van der Waals surface area (Å²) in [5, 5.41) is 3.68. The average molecular weight is 753 g/mol. The van der Waals surface area contributed by atoms with Crippen LogP contribution in [-0.2, 0) is 32.6 Å². The molecule has 0 radical (unpaired) electrons. The first-order chi connectivity index (χ1) is 23.0. The van der Waals surface area contributed by atoms with Crippen LogP contribution in [0.4, 0.5) is 5.69 Å². The van der Waals surface area contributed by atoms with Crippen molar-refractivity contribution in [3.05, 3.63) is 123 Å². The van der Waals surface area contributed by atoms with Crippen molar-refractivity contribution in [1.29, 1.82) is 0 Å².